The molecule has 1 fully saturated rings. The predicted octanol–water partition coefficient (Wildman–Crippen LogP) is 3.05. The van der Waals surface area contributed by atoms with Gasteiger partial charge in [0.1, 0.15) is 16.8 Å². The lowest BCUT2D eigenvalue weighted by Crippen LogP contribution is -2.19. The molecule has 1 saturated carbocycles. The Morgan fingerprint density at radius 2 is 2.06 bits per heavy atom. The lowest BCUT2D eigenvalue weighted by atomic mass is 10.3. The van der Waals surface area contributed by atoms with Gasteiger partial charge in [0.15, 0.2) is 0 Å². The minimum Gasteiger partial charge on any atom is -0.368 e. The van der Waals surface area contributed by atoms with E-state index < -0.39 is 0 Å². The van der Waals surface area contributed by atoms with Gasteiger partial charge in [-0.1, -0.05) is 11.6 Å². The summed E-state index contributed by atoms with van der Waals surface area (Å²) in [5.41, 5.74) is 0.934. The van der Waals surface area contributed by atoms with Crippen molar-refractivity contribution in [3.8, 4) is 0 Å². The van der Waals surface area contributed by atoms with Gasteiger partial charge >= 0.3 is 0 Å². The molecule has 16 heavy (non-hydrogen) atoms. The molecular formula is C11H16ClN3S. The van der Waals surface area contributed by atoms with Crippen molar-refractivity contribution in [1.29, 1.82) is 0 Å². The Morgan fingerprint density at radius 1 is 1.38 bits per heavy atom. The Bertz CT molecular complexity index is 404. The van der Waals surface area contributed by atoms with Crippen molar-refractivity contribution in [3.63, 3.8) is 0 Å². The van der Waals surface area contributed by atoms with E-state index in [4.69, 9.17) is 11.6 Å². The lowest BCUT2D eigenvalue weighted by molar-refractivity contribution is 0.924. The summed E-state index contributed by atoms with van der Waals surface area (Å²) in [4.78, 5) is 8.51. The van der Waals surface area contributed by atoms with Crippen LogP contribution in [-0.2, 0) is 0 Å². The fourth-order valence-electron chi connectivity index (χ4n) is 1.60. The van der Waals surface area contributed by atoms with Gasteiger partial charge in [0, 0.05) is 16.9 Å². The van der Waals surface area contributed by atoms with Crippen LogP contribution in [0.5, 0.6) is 0 Å². The summed E-state index contributed by atoms with van der Waals surface area (Å²) in [6.07, 6.45) is 4.75. The van der Waals surface area contributed by atoms with Gasteiger partial charge in [-0.2, -0.15) is 11.8 Å². The van der Waals surface area contributed by atoms with Gasteiger partial charge in [-0.3, -0.25) is 0 Å². The average Bonchev–Trinajstić information content (AvgIpc) is 3.02. The van der Waals surface area contributed by atoms with Crippen LogP contribution in [0.15, 0.2) is 0 Å². The number of hydrogen-bond donors (Lipinski definition) is 1. The second kappa shape index (κ2) is 4.41. The van der Waals surface area contributed by atoms with Crippen molar-refractivity contribution >= 4 is 29.2 Å². The molecule has 0 aromatic carbocycles. The van der Waals surface area contributed by atoms with Crippen molar-refractivity contribution < 1.29 is 0 Å². The van der Waals surface area contributed by atoms with E-state index in [1.54, 1.807) is 0 Å². The number of halogens is 1. The molecule has 0 aliphatic heterocycles. The molecule has 0 radical (unpaired) electrons. The van der Waals surface area contributed by atoms with Gasteiger partial charge in [0.25, 0.3) is 0 Å². The van der Waals surface area contributed by atoms with Gasteiger partial charge in [-0.05, 0) is 32.9 Å². The van der Waals surface area contributed by atoms with E-state index >= 15 is 0 Å². The van der Waals surface area contributed by atoms with Gasteiger partial charge in [-0.15, -0.1) is 0 Å². The number of nitrogens with one attached hydrogen (secondary N) is 1. The third kappa shape index (κ3) is 2.43. The van der Waals surface area contributed by atoms with Crippen molar-refractivity contribution in [2.24, 2.45) is 0 Å². The molecule has 1 aliphatic carbocycles. The number of anilines is 1. The van der Waals surface area contributed by atoms with Crippen LogP contribution < -0.4 is 5.32 Å². The van der Waals surface area contributed by atoms with Crippen LogP contribution in [0.3, 0.4) is 0 Å². The second-order valence-corrected chi connectivity index (χ2v) is 5.91. The highest BCUT2D eigenvalue weighted by Crippen LogP contribution is 2.47. The van der Waals surface area contributed by atoms with E-state index in [1.807, 2.05) is 25.6 Å². The Morgan fingerprint density at radius 3 is 2.62 bits per heavy atom. The second-order valence-electron chi connectivity index (χ2n) is 4.28. The maximum atomic E-state index is 6.02. The van der Waals surface area contributed by atoms with Crippen LogP contribution in [0.2, 0.25) is 5.15 Å². The molecule has 3 nitrogen and oxygen atoms in total. The summed E-state index contributed by atoms with van der Waals surface area (Å²) < 4.78 is 0.428. The Hall–Kier alpha value is -0.480. The van der Waals surface area contributed by atoms with Gasteiger partial charge in [0.05, 0.1) is 0 Å². The molecule has 1 N–H and O–H groups in total. The fourth-order valence-corrected chi connectivity index (χ4v) is 2.54. The Kier molecular flexibility index (Phi) is 3.31. The molecule has 0 spiro atoms. The minimum absolute atomic E-state index is 0.428. The summed E-state index contributed by atoms with van der Waals surface area (Å²) >= 11 is 7.96. The third-order valence-corrected chi connectivity index (χ3v) is 4.80. The zero-order valence-electron chi connectivity index (χ0n) is 9.80. The molecule has 0 saturated heterocycles. The van der Waals surface area contributed by atoms with Crippen LogP contribution in [-0.4, -0.2) is 27.5 Å². The SMILES string of the molecule is CSC1(CNc2nc(C)nc(Cl)c2C)CC1. The maximum absolute atomic E-state index is 6.02. The maximum Gasteiger partial charge on any atom is 0.137 e. The molecule has 0 unspecified atom stereocenters. The van der Waals surface area contributed by atoms with E-state index in [1.165, 1.54) is 12.8 Å². The largest absolute Gasteiger partial charge is 0.368 e. The van der Waals surface area contributed by atoms with Gasteiger partial charge in [0.2, 0.25) is 0 Å². The van der Waals surface area contributed by atoms with Crippen molar-refractivity contribution in [2.75, 3.05) is 18.1 Å². The zero-order chi connectivity index (χ0) is 11.8. The summed E-state index contributed by atoms with van der Waals surface area (Å²) in [5.74, 6) is 1.59. The molecule has 1 aromatic rings. The molecule has 1 heterocycles. The van der Waals surface area contributed by atoms with Gasteiger partial charge in [-0.25, -0.2) is 9.97 Å². The number of aromatic nitrogens is 2. The highest BCUT2D eigenvalue weighted by Gasteiger charge is 2.41. The van der Waals surface area contributed by atoms with Crippen molar-refractivity contribution in [2.45, 2.75) is 31.4 Å². The Balaban J connectivity index is 2.09. The lowest BCUT2D eigenvalue weighted by Gasteiger charge is -2.15. The van der Waals surface area contributed by atoms with Crippen molar-refractivity contribution in [1.82, 2.24) is 9.97 Å². The number of rotatable bonds is 4. The van der Waals surface area contributed by atoms with E-state index in [2.05, 4.69) is 21.5 Å². The standard InChI is InChI=1S/C11H16ClN3S/c1-7-9(12)14-8(2)15-10(7)13-6-11(16-3)4-5-11/h4-6H2,1-3H3,(H,13,14,15). The Labute approximate surface area is 105 Å². The third-order valence-electron chi connectivity index (χ3n) is 3.02. The average molecular weight is 258 g/mol. The summed E-state index contributed by atoms with van der Waals surface area (Å²) in [5, 5.41) is 3.94. The predicted molar refractivity (Wildman–Crippen MR) is 70.5 cm³/mol. The molecule has 5 heteroatoms. The van der Waals surface area contributed by atoms with Gasteiger partial charge < -0.3 is 5.32 Å². The summed E-state index contributed by atoms with van der Waals surface area (Å²) in [7, 11) is 0. The number of nitrogens with zero attached hydrogens (tertiary/aromatic N) is 2. The van der Waals surface area contributed by atoms with E-state index in [-0.39, 0.29) is 0 Å². The summed E-state index contributed by atoms with van der Waals surface area (Å²) in [6, 6.07) is 0. The van der Waals surface area contributed by atoms with Crippen LogP contribution in [0.4, 0.5) is 5.82 Å². The van der Waals surface area contributed by atoms with Crippen LogP contribution in [0.1, 0.15) is 24.2 Å². The van der Waals surface area contributed by atoms with Crippen LogP contribution in [0, 0.1) is 13.8 Å². The molecule has 1 aliphatic rings. The molecule has 0 amide bonds. The molecule has 1 aromatic heterocycles. The van der Waals surface area contributed by atoms with Crippen molar-refractivity contribution in [3.05, 3.63) is 16.5 Å². The quantitative estimate of drug-likeness (QED) is 0.842. The number of thioether (sulfide) groups is 1. The van der Waals surface area contributed by atoms with E-state index in [9.17, 15) is 0 Å². The monoisotopic (exact) mass is 257 g/mol. The number of hydrogen-bond acceptors (Lipinski definition) is 4. The first-order chi connectivity index (χ1) is 7.56. The van der Waals surface area contributed by atoms with E-state index in [0.717, 1.165) is 17.9 Å². The first-order valence-electron chi connectivity index (χ1n) is 5.36. The fraction of sp³-hybridized carbons (Fsp3) is 0.636. The van der Waals surface area contributed by atoms with E-state index in [0.29, 0.717) is 15.7 Å². The molecule has 2 rings (SSSR count). The minimum atomic E-state index is 0.428. The topological polar surface area (TPSA) is 37.8 Å². The zero-order valence-corrected chi connectivity index (χ0v) is 11.4. The molecule has 88 valence electrons. The first-order valence-corrected chi connectivity index (χ1v) is 6.96. The number of aryl methyl sites for hydroxylation is 1. The highest BCUT2D eigenvalue weighted by molar-refractivity contribution is 8.00. The van der Waals surface area contributed by atoms with Crippen LogP contribution >= 0.6 is 23.4 Å². The highest BCUT2D eigenvalue weighted by atomic mass is 35.5. The molecule has 0 bridgehead atoms. The van der Waals surface area contributed by atoms with Crippen LogP contribution in [0.25, 0.3) is 0 Å². The molecular weight excluding hydrogens is 242 g/mol. The molecule has 0 atom stereocenters. The normalized spacial score (nSPS) is 17.2. The summed E-state index contributed by atoms with van der Waals surface area (Å²) in [6.45, 7) is 4.77. The smallest absolute Gasteiger partial charge is 0.137 e. The first kappa shape index (κ1) is 12.0.